The van der Waals surface area contributed by atoms with Gasteiger partial charge in [0.15, 0.2) is 0 Å². The molecule has 0 radical (unpaired) electrons. The second-order valence-electron chi connectivity index (χ2n) is 6.15. The Bertz CT molecular complexity index is 644. The zero-order valence-electron chi connectivity index (χ0n) is 11.9. The third kappa shape index (κ3) is 1.76. The van der Waals surface area contributed by atoms with Crippen LogP contribution in [0.15, 0.2) is 24.3 Å². The highest BCUT2D eigenvalue weighted by atomic mass is 15.2. The van der Waals surface area contributed by atoms with Crippen LogP contribution in [0, 0.1) is 0 Å². The van der Waals surface area contributed by atoms with Crippen molar-refractivity contribution in [2.45, 2.75) is 44.6 Å². The van der Waals surface area contributed by atoms with Crippen molar-refractivity contribution in [3.63, 3.8) is 0 Å². The van der Waals surface area contributed by atoms with E-state index in [1.54, 1.807) is 0 Å². The molecule has 1 aromatic heterocycles. The molecule has 2 heterocycles. The number of nitrogens with two attached hydrogens (primary N) is 1. The van der Waals surface area contributed by atoms with Crippen molar-refractivity contribution in [3.8, 4) is 0 Å². The van der Waals surface area contributed by atoms with Gasteiger partial charge in [0.2, 0.25) is 0 Å². The number of hydrogen-bond donors (Lipinski definition) is 1. The maximum atomic E-state index is 6.42. The molecule has 2 aromatic rings. The lowest BCUT2D eigenvalue weighted by Gasteiger charge is -2.26. The maximum absolute atomic E-state index is 6.42. The molecular weight excluding hydrogens is 246 g/mol. The number of rotatable bonds is 1. The summed E-state index contributed by atoms with van der Waals surface area (Å²) >= 11 is 0. The number of aromatic nitrogens is 1. The van der Waals surface area contributed by atoms with E-state index in [-0.39, 0.29) is 0 Å². The Morgan fingerprint density at radius 2 is 1.90 bits per heavy atom. The van der Waals surface area contributed by atoms with E-state index in [9.17, 15) is 0 Å². The SMILES string of the molecule is Nc1c2c([nH+]c3ccccc13)N(C1CCCCC1)CC2. The molecule has 1 saturated carbocycles. The topological polar surface area (TPSA) is 43.4 Å². The van der Waals surface area contributed by atoms with E-state index in [1.807, 2.05) is 0 Å². The van der Waals surface area contributed by atoms with Gasteiger partial charge in [0.1, 0.15) is 5.52 Å². The van der Waals surface area contributed by atoms with Gasteiger partial charge in [0.05, 0.1) is 23.8 Å². The monoisotopic (exact) mass is 268 g/mol. The van der Waals surface area contributed by atoms with Crippen molar-refractivity contribution in [3.05, 3.63) is 29.8 Å². The molecule has 1 aromatic carbocycles. The van der Waals surface area contributed by atoms with Gasteiger partial charge in [-0.25, -0.2) is 4.98 Å². The fraction of sp³-hybridized carbons (Fsp3) is 0.471. The van der Waals surface area contributed by atoms with E-state index < -0.39 is 0 Å². The average Bonchev–Trinajstić information content (AvgIpc) is 2.92. The Balaban J connectivity index is 1.80. The number of H-pyrrole nitrogens is 1. The van der Waals surface area contributed by atoms with Crippen molar-refractivity contribution in [2.24, 2.45) is 0 Å². The van der Waals surface area contributed by atoms with Gasteiger partial charge in [0, 0.05) is 11.8 Å². The van der Waals surface area contributed by atoms with E-state index in [1.165, 1.54) is 43.5 Å². The molecule has 0 bridgehead atoms. The van der Waals surface area contributed by atoms with Gasteiger partial charge in [-0.2, -0.15) is 0 Å². The first-order valence-corrected chi connectivity index (χ1v) is 7.83. The van der Waals surface area contributed by atoms with Crippen LogP contribution in [0.4, 0.5) is 11.5 Å². The zero-order chi connectivity index (χ0) is 13.5. The molecule has 20 heavy (non-hydrogen) atoms. The number of nitrogen functional groups attached to an aromatic ring is 1. The molecule has 3 nitrogen and oxygen atoms in total. The number of para-hydroxylation sites is 1. The Hall–Kier alpha value is -1.77. The standard InChI is InChI=1S/C17H21N3/c18-16-13-8-4-5-9-15(13)19-17-14(16)10-11-20(17)12-6-2-1-3-7-12/h4-5,8-9,12H,1-3,6-7,10-11H2,(H2,18,19)/p+1. The van der Waals surface area contributed by atoms with Crippen LogP contribution in [0.2, 0.25) is 0 Å². The highest BCUT2D eigenvalue weighted by molar-refractivity contribution is 5.91. The molecule has 4 rings (SSSR count). The van der Waals surface area contributed by atoms with Gasteiger partial charge in [-0.15, -0.1) is 0 Å². The minimum Gasteiger partial charge on any atom is -0.398 e. The molecule has 1 fully saturated rings. The summed E-state index contributed by atoms with van der Waals surface area (Å²) in [6, 6.07) is 9.09. The maximum Gasteiger partial charge on any atom is 0.280 e. The van der Waals surface area contributed by atoms with Gasteiger partial charge in [0.25, 0.3) is 5.82 Å². The van der Waals surface area contributed by atoms with Crippen molar-refractivity contribution in [1.82, 2.24) is 0 Å². The molecule has 1 aliphatic heterocycles. The van der Waals surface area contributed by atoms with Gasteiger partial charge in [-0.05, 0) is 37.8 Å². The lowest BCUT2D eigenvalue weighted by Crippen LogP contribution is -2.38. The summed E-state index contributed by atoms with van der Waals surface area (Å²) in [6.07, 6.45) is 7.90. The number of pyridine rings is 1. The Labute approximate surface area is 119 Å². The molecule has 3 N–H and O–H groups in total. The smallest absolute Gasteiger partial charge is 0.280 e. The van der Waals surface area contributed by atoms with Gasteiger partial charge in [-0.1, -0.05) is 18.6 Å². The summed E-state index contributed by atoms with van der Waals surface area (Å²) in [5, 5.41) is 1.16. The minimum absolute atomic E-state index is 0.710. The van der Waals surface area contributed by atoms with Crippen LogP contribution in [0.3, 0.4) is 0 Å². The first-order valence-electron chi connectivity index (χ1n) is 7.83. The molecule has 104 valence electrons. The first-order chi connectivity index (χ1) is 9.84. The molecule has 0 saturated heterocycles. The second kappa shape index (κ2) is 4.65. The lowest BCUT2D eigenvalue weighted by atomic mass is 9.94. The predicted octanol–water partition coefficient (Wildman–Crippen LogP) is 2.93. The van der Waals surface area contributed by atoms with Crippen LogP contribution < -0.4 is 15.6 Å². The number of hydrogen-bond acceptors (Lipinski definition) is 2. The number of fused-ring (bicyclic) bond motifs is 2. The summed E-state index contributed by atoms with van der Waals surface area (Å²) in [6.45, 7) is 1.12. The largest absolute Gasteiger partial charge is 0.398 e. The van der Waals surface area contributed by atoms with Gasteiger partial charge in [-0.3, -0.25) is 4.90 Å². The van der Waals surface area contributed by atoms with Crippen molar-refractivity contribution < 1.29 is 4.98 Å². The Morgan fingerprint density at radius 1 is 1.10 bits per heavy atom. The molecule has 3 heteroatoms. The Kier molecular flexibility index (Phi) is 2.79. The van der Waals surface area contributed by atoms with Gasteiger partial charge < -0.3 is 5.73 Å². The molecule has 2 aliphatic rings. The normalized spacial score (nSPS) is 19.5. The van der Waals surface area contributed by atoms with E-state index in [2.05, 4.69) is 34.1 Å². The van der Waals surface area contributed by atoms with Crippen molar-refractivity contribution in [2.75, 3.05) is 17.2 Å². The molecule has 0 atom stereocenters. The highest BCUT2D eigenvalue weighted by Gasteiger charge is 2.36. The first kappa shape index (κ1) is 12.0. The lowest BCUT2D eigenvalue weighted by molar-refractivity contribution is -0.330. The molecule has 0 unspecified atom stereocenters. The van der Waals surface area contributed by atoms with Gasteiger partial charge >= 0.3 is 0 Å². The average molecular weight is 268 g/mol. The number of anilines is 2. The quantitative estimate of drug-likeness (QED) is 0.864. The van der Waals surface area contributed by atoms with E-state index in [4.69, 9.17) is 5.73 Å². The Morgan fingerprint density at radius 3 is 2.75 bits per heavy atom. The summed E-state index contributed by atoms with van der Waals surface area (Å²) in [5.74, 6) is 1.29. The third-order valence-electron chi connectivity index (χ3n) is 4.99. The summed E-state index contributed by atoms with van der Waals surface area (Å²) < 4.78 is 0. The van der Waals surface area contributed by atoms with E-state index >= 15 is 0 Å². The van der Waals surface area contributed by atoms with E-state index in [0.717, 1.165) is 29.6 Å². The number of nitrogens with one attached hydrogen (secondary N) is 1. The zero-order valence-corrected chi connectivity index (χ0v) is 11.9. The van der Waals surface area contributed by atoms with Crippen molar-refractivity contribution in [1.29, 1.82) is 0 Å². The summed E-state index contributed by atoms with van der Waals surface area (Å²) in [4.78, 5) is 6.22. The molecular formula is C17H22N3+. The molecule has 1 aliphatic carbocycles. The van der Waals surface area contributed by atoms with Crippen molar-refractivity contribution >= 4 is 22.4 Å². The highest BCUT2D eigenvalue weighted by Crippen LogP contribution is 2.36. The molecule has 0 amide bonds. The van der Waals surface area contributed by atoms with E-state index in [0.29, 0.717) is 6.04 Å². The molecule has 0 spiro atoms. The van der Waals surface area contributed by atoms with Crippen LogP contribution in [0.25, 0.3) is 10.9 Å². The summed E-state index contributed by atoms with van der Waals surface area (Å²) in [7, 11) is 0. The fourth-order valence-electron chi connectivity index (χ4n) is 3.92. The fourth-order valence-corrected chi connectivity index (χ4v) is 3.92. The number of aromatic amines is 1. The van der Waals surface area contributed by atoms with Crippen LogP contribution >= 0.6 is 0 Å². The van der Waals surface area contributed by atoms with Crippen LogP contribution in [0.1, 0.15) is 37.7 Å². The third-order valence-corrected chi connectivity index (χ3v) is 4.99. The second-order valence-corrected chi connectivity index (χ2v) is 6.15. The number of benzene rings is 1. The van der Waals surface area contributed by atoms with Crippen LogP contribution in [0.5, 0.6) is 0 Å². The predicted molar refractivity (Wildman–Crippen MR) is 82.8 cm³/mol. The summed E-state index contributed by atoms with van der Waals surface area (Å²) in [5.41, 5.74) is 9.88. The minimum atomic E-state index is 0.710. The van der Waals surface area contributed by atoms with Crippen LogP contribution in [-0.4, -0.2) is 12.6 Å². The van der Waals surface area contributed by atoms with Crippen LogP contribution in [-0.2, 0) is 6.42 Å². The number of nitrogens with zero attached hydrogens (tertiary/aromatic N) is 1.